The van der Waals surface area contributed by atoms with Gasteiger partial charge in [-0.25, -0.2) is 0 Å². The molecule has 17 heavy (non-hydrogen) atoms. The van der Waals surface area contributed by atoms with Crippen molar-refractivity contribution in [1.82, 2.24) is 4.90 Å². The highest BCUT2D eigenvalue weighted by atomic mass is 79.9. The van der Waals surface area contributed by atoms with E-state index in [1.807, 2.05) is 0 Å². The molecule has 0 spiro atoms. The monoisotopic (exact) mass is 297 g/mol. The number of morpholine rings is 1. The fourth-order valence-electron chi connectivity index (χ4n) is 2.26. The zero-order valence-electron chi connectivity index (χ0n) is 10.5. The van der Waals surface area contributed by atoms with E-state index in [0.717, 1.165) is 36.6 Å². The molecule has 0 aromatic heterocycles. The topological polar surface area (TPSA) is 12.5 Å². The maximum absolute atomic E-state index is 5.86. The maximum Gasteiger partial charge on any atom is 0.0952 e. The van der Waals surface area contributed by atoms with Gasteiger partial charge in [0.2, 0.25) is 0 Å². The van der Waals surface area contributed by atoms with E-state index >= 15 is 0 Å². The molecule has 1 aromatic carbocycles. The van der Waals surface area contributed by atoms with Crippen molar-refractivity contribution >= 4 is 15.9 Å². The zero-order valence-corrected chi connectivity index (χ0v) is 12.1. The summed E-state index contributed by atoms with van der Waals surface area (Å²) in [6, 6.07) is 8.46. The van der Waals surface area contributed by atoms with Gasteiger partial charge in [0.05, 0.1) is 12.7 Å². The quantitative estimate of drug-likeness (QED) is 0.847. The van der Waals surface area contributed by atoms with E-state index in [9.17, 15) is 0 Å². The number of ether oxygens (including phenoxy) is 1. The van der Waals surface area contributed by atoms with Crippen molar-refractivity contribution in [2.45, 2.75) is 20.0 Å². The molecular formula is C14H20BrNO. The third-order valence-electron chi connectivity index (χ3n) is 3.02. The van der Waals surface area contributed by atoms with Gasteiger partial charge >= 0.3 is 0 Å². The first-order valence-electron chi connectivity index (χ1n) is 6.24. The molecule has 2 nitrogen and oxygen atoms in total. The lowest BCUT2D eigenvalue weighted by Gasteiger charge is -2.34. The Morgan fingerprint density at radius 2 is 2.06 bits per heavy atom. The standard InChI is InChI=1S/C14H20BrNO/c1-11(2)9-16-7-8-17-14(10-16)12-3-5-13(15)6-4-12/h3-6,11,14H,7-10H2,1-2H3/t14-/m0/s1. The Labute approximate surface area is 112 Å². The second-order valence-electron chi connectivity index (χ2n) is 5.06. The average Bonchev–Trinajstić information content (AvgIpc) is 2.29. The number of halogens is 1. The normalized spacial score (nSPS) is 22.0. The zero-order chi connectivity index (χ0) is 12.3. The summed E-state index contributed by atoms with van der Waals surface area (Å²) in [4.78, 5) is 2.50. The summed E-state index contributed by atoms with van der Waals surface area (Å²) in [5.41, 5.74) is 1.28. The van der Waals surface area contributed by atoms with Crippen molar-refractivity contribution in [1.29, 1.82) is 0 Å². The second-order valence-corrected chi connectivity index (χ2v) is 5.98. The Hall–Kier alpha value is -0.380. The van der Waals surface area contributed by atoms with Crippen LogP contribution < -0.4 is 0 Å². The average molecular weight is 298 g/mol. The third kappa shape index (κ3) is 3.80. The van der Waals surface area contributed by atoms with Crippen LogP contribution in [0.4, 0.5) is 0 Å². The highest BCUT2D eigenvalue weighted by molar-refractivity contribution is 9.10. The Kier molecular flexibility index (Phi) is 4.60. The van der Waals surface area contributed by atoms with Crippen molar-refractivity contribution in [3.05, 3.63) is 34.3 Å². The van der Waals surface area contributed by atoms with E-state index in [0.29, 0.717) is 0 Å². The summed E-state index contributed by atoms with van der Waals surface area (Å²) >= 11 is 3.46. The summed E-state index contributed by atoms with van der Waals surface area (Å²) in [7, 11) is 0. The number of nitrogens with zero attached hydrogens (tertiary/aromatic N) is 1. The third-order valence-corrected chi connectivity index (χ3v) is 3.54. The molecule has 1 aliphatic heterocycles. The van der Waals surface area contributed by atoms with Gasteiger partial charge < -0.3 is 4.74 Å². The second kappa shape index (κ2) is 5.98. The van der Waals surface area contributed by atoms with E-state index in [4.69, 9.17) is 4.74 Å². The smallest absolute Gasteiger partial charge is 0.0952 e. The number of hydrogen-bond donors (Lipinski definition) is 0. The van der Waals surface area contributed by atoms with E-state index in [2.05, 4.69) is 58.9 Å². The van der Waals surface area contributed by atoms with E-state index in [1.165, 1.54) is 5.56 Å². The van der Waals surface area contributed by atoms with E-state index in [1.54, 1.807) is 0 Å². The van der Waals surface area contributed by atoms with Crippen LogP contribution in [0.5, 0.6) is 0 Å². The largest absolute Gasteiger partial charge is 0.371 e. The SMILES string of the molecule is CC(C)CN1CCO[C@H](c2ccc(Br)cc2)C1. The minimum Gasteiger partial charge on any atom is -0.371 e. The van der Waals surface area contributed by atoms with Gasteiger partial charge in [0, 0.05) is 24.1 Å². The predicted octanol–water partition coefficient (Wildman–Crippen LogP) is 3.48. The van der Waals surface area contributed by atoms with Crippen LogP contribution in [-0.2, 0) is 4.74 Å². The number of benzene rings is 1. The minimum absolute atomic E-state index is 0.232. The summed E-state index contributed by atoms with van der Waals surface area (Å²) < 4.78 is 6.98. The molecule has 1 fully saturated rings. The molecule has 1 aromatic rings. The molecule has 94 valence electrons. The van der Waals surface area contributed by atoms with Gasteiger partial charge in [-0.3, -0.25) is 4.90 Å². The molecule has 0 bridgehead atoms. The number of rotatable bonds is 3. The molecule has 2 rings (SSSR count). The van der Waals surface area contributed by atoms with Crippen LogP contribution in [0, 0.1) is 5.92 Å². The van der Waals surface area contributed by atoms with Crippen LogP contribution in [-0.4, -0.2) is 31.1 Å². The summed E-state index contributed by atoms with van der Waals surface area (Å²) in [5, 5.41) is 0. The Bertz CT molecular complexity index is 350. The molecular weight excluding hydrogens is 278 g/mol. The fraction of sp³-hybridized carbons (Fsp3) is 0.571. The van der Waals surface area contributed by atoms with Crippen LogP contribution in [0.3, 0.4) is 0 Å². The molecule has 0 amide bonds. The summed E-state index contributed by atoms with van der Waals surface area (Å²) in [6.45, 7) is 8.61. The lowest BCUT2D eigenvalue weighted by Crippen LogP contribution is -2.40. The molecule has 0 unspecified atom stereocenters. The van der Waals surface area contributed by atoms with E-state index < -0.39 is 0 Å². The molecule has 0 N–H and O–H groups in total. The van der Waals surface area contributed by atoms with Crippen LogP contribution in [0.1, 0.15) is 25.5 Å². The van der Waals surface area contributed by atoms with Gasteiger partial charge in [0.1, 0.15) is 0 Å². The maximum atomic E-state index is 5.86. The predicted molar refractivity (Wildman–Crippen MR) is 74.1 cm³/mol. The van der Waals surface area contributed by atoms with Gasteiger partial charge in [0.15, 0.2) is 0 Å². The van der Waals surface area contributed by atoms with Gasteiger partial charge in [-0.1, -0.05) is 41.9 Å². The van der Waals surface area contributed by atoms with Crippen LogP contribution in [0.2, 0.25) is 0 Å². The molecule has 1 heterocycles. The van der Waals surface area contributed by atoms with Crippen LogP contribution in [0.15, 0.2) is 28.7 Å². The fourth-order valence-corrected chi connectivity index (χ4v) is 2.53. The van der Waals surface area contributed by atoms with Gasteiger partial charge in [-0.2, -0.15) is 0 Å². The van der Waals surface area contributed by atoms with Gasteiger partial charge in [-0.05, 0) is 23.6 Å². The minimum atomic E-state index is 0.232. The van der Waals surface area contributed by atoms with Gasteiger partial charge in [0.25, 0.3) is 0 Å². The molecule has 0 saturated carbocycles. The Balaban J connectivity index is 1.99. The van der Waals surface area contributed by atoms with Gasteiger partial charge in [-0.15, -0.1) is 0 Å². The summed E-state index contributed by atoms with van der Waals surface area (Å²) in [6.07, 6.45) is 0.232. The van der Waals surface area contributed by atoms with Crippen molar-refractivity contribution in [2.75, 3.05) is 26.2 Å². The first kappa shape index (κ1) is 13.1. The highest BCUT2D eigenvalue weighted by Crippen LogP contribution is 2.24. The van der Waals surface area contributed by atoms with E-state index in [-0.39, 0.29) is 6.10 Å². The molecule has 1 atom stereocenters. The Morgan fingerprint density at radius 3 is 2.71 bits per heavy atom. The first-order chi connectivity index (χ1) is 8.15. The molecule has 0 radical (unpaired) electrons. The van der Waals surface area contributed by atoms with Crippen molar-refractivity contribution < 1.29 is 4.74 Å². The van der Waals surface area contributed by atoms with Crippen LogP contribution in [0.25, 0.3) is 0 Å². The Morgan fingerprint density at radius 1 is 1.35 bits per heavy atom. The van der Waals surface area contributed by atoms with Crippen molar-refractivity contribution in [2.24, 2.45) is 5.92 Å². The van der Waals surface area contributed by atoms with Crippen LogP contribution >= 0.6 is 15.9 Å². The lowest BCUT2D eigenvalue weighted by molar-refractivity contribution is -0.0332. The number of hydrogen-bond acceptors (Lipinski definition) is 2. The molecule has 1 saturated heterocycles. The van der Waals surface area contributed by atoms with Crippen molar-refractivity contribution in [3.8, 4) is 0 Å². The molecule has 3 heteroatoms. The molecule has 1 aliphatic rings. The summed E-state index contributed by atoms with van der Waals surface area (Å²) in [5.74, 6) is 0.721. The van der Waals surface area contributed by atoms with Crippen molar-refractivity contribution in [3.63, 3.8) is 0 Å². The first-order valence-corrected chi connectivity index (χ1v) is 7.04. The molecule has 0 aliphatic carbocycles. The lowest BCUT2D eigenvalue weighted by atomic mass is 10.1. The highest BCUT2D eigenvalue weighted by Gasteiger charge is 2.22.